The number of amides is 2. The summed E-state index contributed by atoms with van der Waals surface area (Å²) < 4.78 is 5.20. The van der Waals surface area contributed by atoms with Crippen LogP contribution in [0.25, 0.3) is 0 Å². The van der Waals surface area contributed by atoms with Crippen molar-refractivity contribution in [2.45, 2.75) is 38.8 Å². The Bertz CT molecular complexity index is 544. The molecule has 1 unspecified atom stereocenters. The normalized spacial score (nSPS) is 22.9. The van der Waals surface area contributed by atoms with Crippen LogP contribution in [0.2, 0.25) is 0 Å². The van der Waals surface area contributed by atoms with Crippen LogP contribution in [0.4, 0.5) is 5.69 Å². The van der Waals surface area contributed by atoms with Crippen molar-refractivity contribution in [2.24, 2.45) is 0 Å². The molecule has 1 N–H and O–H groups in total. The molecular formula is C16H22N2O3. The minimum atomic E-state index is -0.853. The molecule has 1 aromatic rings. The lowest BCUT2D eigenvalue weighted by atomic mass is 9.96. The van der Waals surface area contributed by atoms with Crippen LogP contribution in [0.3, 0.4) is 0 Å². The van der Waals surface area contributed by atoms with E-state index in [0.717, 1.165) is 11.3 Å². The van der Waals surface area contributed by atoms with Crippen LogP contribution in [0, 0.1) is 0 Å². The van der Waals surface area contributed by atoms with E-state index in [2.05, 4.69) is 5.32 Å². The standard InChI is InChI=1S/C16H22N2O3/c1-4-16(2)15(20)18(10-9-14(19)17-16)13-8-6-5-7-12(13)11-21-3/h5-8H,4,9-11H2,1-3H3,(H,17,19). The van der Waals surface area contributed by atoms with Gasteiger partial charge >= 0.3 is 0 Å². The zero-order chi connectivity index (χ0) is 15.5. The fourth-order valence-electron chi connectivity index (χ4n) is 2.56. The Morgan fingerprint density at radius 1 is 1.33 bits per heavy atom. The van der Waals surface area contributed by atoms with E-state index in [1.54, 1.807) is 18.9 Å². The van der Waals surface area contributed by atoms with E-state index in [0.29, 0.717) is 26.0 Å². The van der Waals surface area contributed by atoms with Gasteiger partial charge in [0.05, 0.1) is 6.61 Å². The second kappa shape index (κ2) is 6.26. The molecule has 21 heavy (non-hydrogen) atoms. The third-order valence-corrected chi connectivity index (χ3v) is 3.98. The van der Waals surface area contributed by atoms with Crippen molar-refractivity contribution in [3.05, 3.63) is 29.8 Å². The highest BCUT2D eigenvalue weighted by Crippen LogP contribution is 2.27. The van der Waals surface area contributed by atoms with Crippen LogP contribution in [-0.2, 0) is 20.9 Å². The van der Waals surface area contributed by atoms with Crippen molar-refractivity contribution in [3.63, 3.8) is 0 Å². The lowest BCUT2D eigenvalue weighted by molar-refractivity contribution is -0.129. The van der Waals surface area contributed by atoms with Gasteiger partial charge in [0.15, 0.2) is 0 Å². The Hall–Kier alpha value is -1.88. The summed E-state index contributed by atoms with van der Waals surface area (Å²) in [4.78, 5) is 26.5. The molecule has 1 heterocycles. The summed E-state index contributed by atoms with van der Waals surface area (Å²) in [5.74, 6) is -0.154. The van der Waals surface area contributed by atoms with Gasteiger partial charge in [-0.1, -0.05) is 25.1 Å². The monoisotopic (exact) mass is 290 g/mol. The first-order chi connectivity index (χ1) is 10.0. The van der Waals surface area contributed by atoms with Gasteiger partial charge < -0.3 is 15.0 Å². The first kappa shape index (κ1) is 15.5. The third kappa shape index (κ3) is 3.08. The molecule has 1 aromatic carbocycles. The molecule has 0 aromatic heterocycles. The largest absolute Gasteiger partial charge is 0.380 e. The highest BCUT2D eigenvalue weighted by molar-refractivity contribution is 6.04. The van der Waals surface area contributed by atoms with Crippen LogP contribution in [0.1, 0.15) is 32.3 Å². The Morgan fingerprint density at radius 3 is 2.71 bits per heavy atom. The number of rotatable bonds is 4. The minimum Gasteiger partial charge on any atom is -0.380 e. The van der Waals surface area contributed by atoms with E-state index >= 15 is 0 Å². The Balaban J connectivity index is 2.42. The van der Waals surface area contributed by atoms with E-state index in [1.165, 1.54) is 0 Å². The van der Waals surface area contributed by atoms with Crippen molar-refractivity contribution in [1.82, 2.24) is 5.32 Å². The third-order valence-electron chi connectivity index (χ3n) is 3.98. The number of hydrogen-bond acceptors (Lipinski definition) is 3. The Morgan fingerprint density at radius 2 is 2.05 bits per heavy atom. The average molecular weight is 290 g/mol. The zero-order valence-electron chi connectivity index (χ0n) is 12.8. The molecule has 5 heteroatoms. The molecule has 0 saturated carbocycles. The molecule has 0 radical (unpaired) electrons. The van der Waals surface area contributed by atoms with Gasteiger partial charge in [-0.2, -0.15) is 0 Å². The number of nitrogens with one attached hydrogen (secondary N) is 1. The van der Waals surface area contributed by atoms with Gasteiger partial charge in [-0.25, -0.2) is 0 Å². The van der Waals surface area contributed by atoms with Crippen LogP contribution < -0.4 is 10.2 Å². The Labute approximate surface area is 125 Å². The lowest BCUT2D eigenvalue weighted by Gasteiger charge is -2.32. The predicted octanol–water partition coefficient (Wildman–Crippen LogP) is 1.85. The first-order valence-corrected chi connectivity index (χ1v) is 7.21. The number of carbonyl (C=O) groups is 2. The lowest BCUT2D eigenvalue weighted by Crippen LogP contribution is -2.55. The summed E-state index contributed by atoms with van der Waals surface area (Å²) in [5, 5.41) is 2.84. The second-order valence-electron chi connectivity index (χ2n) is 5.50. The number of para-hydroxylation sites is 1. The molecule has 1 aliphatic rings. The number of nitrogens with zero attached hydrogens (tertiary/aromatic N) is 1. The van der Waals surface area contributed by atoms with Gasteiger partial charge in [0.25, 0.3) is 5.91 Å². The maximum atomic E-state index is 12.9. The fraction of sp³-hybridized carbons (Fsp3) is 0.500. The minimum absolute atomic E-state index is 0.0700. The molecule has 1 fully saturated rings. The molecular weight excluding hydrogens is 268 g/mol. The van der Waals surface area contributed by atoms with Gasteiger partial charge in [-0.05, 0) is 19.4 Å². The summed E-state index contributed by atoms with van der Waals surface area (Å²) in [5.41, 5.74) is 0.912. The van der Waals surface area contributed by atoms with E-state index in [-0.39, 0.29) is 11.8 Å². The van der Waals surface area contributed by atoms with Crippen molar-refractivity contribution >= 4 is 17.5 Å². The van der Waals surface area contributed by atoms with Gasteiger partial charge in [-0.3, -0.25) is 9.59 Å². The first-order valence-electron chi connectivity index (χ1n) is 7.21. The van der Waals surface area contributed by atoms with Crippen molar-refractivity contribution in [1.29, 1.82) is 0 Å². The summed E-state index contributed by atoms with van der Waals surface area (Å²) in [6, 6.07) is 7.65. The molecule has 2 amide bonds. The molecule has 5 nitrogen and oxygen atoms in total. The predicted molar refractivity (Wildman–Crippen MR) is 81.0 cm³/mol. The fourth-order valence-corrected chi connectivity index (χ4v) is 2.56. The van der Waals surface area contributed by atoms with E-state index in [1.807, 2.05) is 31.2 Å². The average Bonchev–Trinajstić information content (AvgIpc) is 2.59. The van der Waals surface area contributed by atoms with Crippen molar-refractivity contribution < 1.29 is 14.3 Å². The summed E-state index contributed by atoms with van der Waals surface area (Å²) in [6.45, 7) is 4.51. The highest BCUT2D eigenvalue weighted by Gasteiger charge is 2.40. The topological polar surface area (TPSA) is 58.6 Å². The summed E-state index contributed by atoms with van der Waals surface area (Å²) in [6.07, 6.45) is 0.864. The molecule has 2 rings (SSSR count). The van der Waals surface area contributed by atoms with E-state index < -0.39 is 5.54 Å². The molecule has 0 aliphatic carbocycles. The SMILES string of the molecule is CCC1(C)NC(=O)CCN(c2ccccc2COC)C1=O. The quantitative estimate of drug-likeness (QED) is 0.920. The van der Waals surface area contributed by atoms with Crippen LogP contribution >= 0.6 is 0 Å². The molecule has 1 saturated heterocycles. The number of carbonyl (C=O) groups excluding carboxylic acids is 2. The molecule has 1 aliphatic heterocycles. The maximum absolute atomic E-state index is 12.9. The van der Waals surface area contributed by atoms with Crippen LogP contribution in [-0.4, -0.2) is 31.0 Å². The second-order valence-corrected chi connectivity index (χ2v) is 5.50. The van der Waals surface area contributed by atoms with Crippen LogP contribution in [0.5, 0.6) is 0 Å². The van der Waals surface area contributed by atoms with Crippen LogP contribution in [0.15, 0.2) is 24.3 Å². The zero-order valence-corrected chi connectivity index (χ0v) is 12.8. The van der Waals surface area contributed by atoms with Crippen molar-refractivity contribution in [2.75, 3.05) is 18.6 Å². The van der Waals surface area contributed by atoms with Gasteiger partial charge in [-0.15, -0.1) is 0 Å². The number of hydrogen-bond donors (Lipinski definition) is 1. The van der Waals surface area contributed by atoms with Crippen molar-refractivity contribution in [3.8, 4) is 0 Å². The number of methoxy groups -OCH3 is 1. The highest BCUT2D eigenvalue weighted by atomic mass is 16.5. The number of benzene rings is 1. The molecule has 114 valence electrons. The summed E-state index contributed by atoms with van der Waals surface area (Å²) >= 11 is 0. The van der Waals surface area contributed by atoms with E-state index in [9.17, 15) is 9.59 Å². The maximum Gasteiger partial charge on any atom is 0.252 e. The van der Waals surface area contributed by atoms with Gasteiger partial charge in [0.2, 0.25) is 5.91 Å². The van der Waals surface area contributed by atoms with Gasteiger partial charge in [0.1, 0.15) is 5.54 Å². The smallest absolute Gasteiger partial charge is 0.252 e. The number of ether oxygens (including phenoxy) is 1. The summed E-state index contributed by atoms with van der Waals surface area (Å²) in [7, 11) is 1.63. The molecule has 0 bridgehead atoms. The molecule has 0 spiro atoms. The van der Waals surface area contributed by atoms with Gasteiger partial charge in [0, 0.05) is 31.3 Å². The van der Waals surface area contributed by atoms with E-state index in [4.69, 9.17) is 4.74 Å². The Kier molecular flexibility index (Phi) is 4.63. The number of anilines is 1. The molecule has 1 atom stereocenters.